The van der Waals surface area contributed by atoms with Crippen LogP contribution >= 0.6 is 11.8 Å². The Labute approximate surface area is 175 Å². The summed E-state index contributed by atoms with van der Waals surface area (Å²) in [5, 5.41) is 12.7. The van der Waals surface area contributed by atoms with Crippen LogP contribution in [0.5, 0.6) is 0 Å². The molecule has 2 aromatic heterocycles. The minimum Gasteiger partial charge on any atom is -0.353 e. The number of carbonyl (C=O) groups is 1. The van der Waals surface area contributed by atoms with Gasteiger partial charge in [0.15, 0.2) is 11.0 Å². The topological polar surface area (TPSA) is 72.7 Å². The second-order valence-corrected chi connectivity index (χ2v) is 8.47. The molecule has 1 N–H and O–H groups in total. The van der Waals surface area contributed by atoms with E-state index >= 15 is 0 Å². The zero-order valence-corrected chi connectivity index (χ0v) is 17.3. The molecule has 0 saturated heterocycles. The monoisotopic (exact) mass is 407 g/mol. The highest BCUT2D eigenvalue weighted by molar-refractivity contribution is 7.99. The minimum atomic E-state index is 0.0580. The van der Waals surface area contributed by atoms with Crippen molar-refractivity contribution < 1.29 is 4.79 Å². The Bertz CT molecular complexity index is 936. The van der Waals surface area contributed by atoms with Gasteiger partial charge in [-0.05, 0) is 55.9 Å². The molecule has 1 fully saturated rings. The van der Waals surface area contributed by atoms with Crippen LogP contribution in [0, 0.1) is 5.92 Å². The van der Waals surface area contributed by atoms with Gasteiger partial charge in [0, 0.05) is 29.7 Å². The second kappa shape index (κ2) is 9.22. The molecule has 150 valence electrons. The fourth-order valence-electron chi connectivity index (χ4n) is 3.67. The van der Waals surface area contributed by atoms with Gasteiger partial charge < -0.3 is 5.32 Å². The summed E-state index contributed by atoms with van der Waals surface area (Å²) < 4.78 is 2.00. The van der Waals surface area contributed by atoms with Gasteiger partial charge in [-0.1, -0.05) is 36.9 Å². The summed E-state index contributed by atoms with van der Waals surface area (Å²) in [6, 6.07) is 14.1. The standard InChI is InChI=1S/C22H25N5OS/c1-16-7-9-18(10-8-16)24-20(28)15-29-22-26-25-21(17-11-13-23-14-12-17)27(22)19-5-3-2-4-6-19/h2-6,11-14,16,18H,7-10,15H2,1H3,(H,24,28). The number of rotatable bonds is 6. The Hall–Kier alpha value is -2.67. The van der Waals surface area contributed by atoms with Crippen LogP contribution in [0.25, 0.3) is 17.1 Å². The number of hydrogen-bond donors (Lipinski definition) is 1. The van der Waals surface area contributed by atoms with Crippen LogP contribution in [0.3, 0.4) is 0 Å². The largest absolute Gasteiger partial charge is 0.353 e. The number of thioether (sulfide) groups is 1. The average molecular weight is 408 g/mol. The van der Waals surface area contributed by atoms with Gasteiger partial charge in [0.1, 0.15) is 0 Å². The lowest BCUT2D eigenvalue weighted by molar-refractivity contribution is -0.119. The number of benzene rings is 1. The molecular weight excluding hydrogens is 382 g/mol. The SMILES string of the molecule is CC1CCC(NC(=O)CSc2nnc(-c3ccncc3)n2-c2ccccc2)CC1. The zero-order valence-electron chi connectivity index (χ0n) is 16.5. The lowest BCUT2D eigenvalue weighted by Gasteiger charge is -2.26. The third kappa shape index (κ3) is 4.85. The van der Waals surface area contributed by atoms with Crippen LogP contribution in [0.1, 0.15) is 32.6 Å². The van der Waals surface area contributed by atoms with Crippen LogP contribution in [-0.4, -0.2) is 37.5 Å². The number of hydrogen-bond acceptors (Lipinski definition) is 5. The van der Waals surface area contributed by atoms with E-state index in [0.29, 0.717) is 17.0 Å². The maximum absolute atomic E-state index is 12.5. The van der Waals surface area contributed by atoms with E-state index in [9.17, 15) is 4.79 Å². The van der Waals surface area contributed by atoms with Crippen molar-refractivity contribution in [2.45, 2.75) is 43.8 Å². The maximum atomic E-state index is 12.5. The predicted molar refractivity (Wildman–Crippen MR) is 115 cm³/mol. The van der Waals surface area contributed by atoms with Crippen LogP contribution < -0.4 is 5.32 Å². The van der Waals surface area contributed by atoms with Crippen molar-refractivity contribution >= 4 is 17.7 Å². The number of carbonyl (C=O) groups excluding carboxylic acids is 1. The van der Waals surface area contributed by atoms with Crippen molar-refractivity contribution in [3.05, 3.63) is 54.9 Å². The van der Waals surface area contributed by atoms with Crippen molar-refractivity contribution in [3.63, 3.8) is 0 Å². The molecule has 1 aliphatic carbocycles. The molecule has 29 heavy (non-hydrogen) atoms. The highest BCUT2D eigenvalue weighted by atomic mass is 32.2. The highest BCUT2D eigenvalue weighted by Gasteiger charge is 2.21. The van der Waals surface area contributed by atoms with Crippen LogP contribution in [-0.2, 0) is 4.79 Å². The van der Waals surface area contributed by atoms with Crippen molar-refractivity contribution in [1.29, 1.82) is 0 Å². The van der Waals surface area contributed by atoms with Gasteiger partial charge in [-0.15, -0.1) is 10.2 Å². The third-order valence-corrected chi connectivity index (χ3v) is 6.23. The van der Waals surface area contributed by atoms with E-state index in [0.717, 1.165) is 35.8 Å². The van der Waals surface area contributed by atoms with E-state index in [1.54, 1.807) is 12.4 Å². The predicted octanol–water partition coefficient (Wildman–Crippen LogP) is 4.12. The molecule has 1 aliphatic rings. The second-order valence-electron chi connectivity index (χ2n) is 7.53. The van der Waals surface area contributed by atoms with Crippen molar-refractivity contribution in [3.8, 4) is 17.1 Å². The first-order chi connectivity index (χ1) is 14.2. The third-order valence-electron chi connectivity index (χ3n) is 5.30. The van der Waals surface area contributed by atoms with Crippen molar-refractivity contribution in [2.24, 2.45) is 5.92 Å². The zero-order chi connectivity index (χ0) is 20.1. The fourth-order valence-corrected chi connectivity index (χ4v) is 4.43. The molecule has 4 rings (SSSR count). The molecular formula is C22H25N5OS. The van der Waals surface area contributed by atoms with Gasteiger partial charge in [-0.2, -0.15) is 0 Å². The Kier molecular flexibility index (Phi) is 6.24. The van der Waals surface area contributed by atoms with E-state index in [-0.39, 0.29) is 5.91 Å². The van der Waals surface area contributed by atoms with Gasteiger partial charge in [-0.3, -0.25) is 14.3 Å². The molecule has 0 atom stereocenters. The summed E-state index contributed by atoms with van der Waals surface area (Å²) in [4.78, 5) is 16.6. The molecule has 1 aromatic carbocycles. The number of nitrogens with one attached hydrogen (secondary N) is 1. The molecule has 1 saturated carbocycles. The lowest BCUT2D eigenvalue weighted by Crippen LogP contribution is -2.38. The smallest absolute Gasteiger partial charge is 0.230 e. The Balaban J connectivity index is 1.50. The molecule has 7 heteroatoms. The normalized spacial score (nSPS) is 19.1. The first-order valence-electron chi connectivity index (χ1n) is 10.0. The van der Waals surface area contributed by atoms with Crippen LogP contribution in [0.2, 0.25) is 0 Å². The van der Waals surface area contributed by atoms with Gasteiger partial charge in [0.05, 0.1) is 5.75 Å². The number of amides is 1. The van der Waals surface area contributed by atoms with Gasteiger partial charge in [-0.25, -0.2) is 0 Å². The Morgan fingerprint density at radius 1 is 1.07 bits per heavy atom. The Morgan fingerprint density at radius 2 is 1.79 bits per heavy atom. The summed E-state index contributed by atoms with van der Waals surface area (Å²) in [7, 11) is 0. The highest BCUT2D eigenvalue weighted by Crippen LogP contribution is 2.28. The fraction of sp³-hybridized carbons (Fsp3) is 0.364. The van der Waals surface area contributed by atoms with E-state index in [1.165, 1.54) is 24.6 Å². The summed E-state index contributed by atoms with van der Waals surface area (Å²) in [6.07, 6.45) is 8.01. The van der Waals surface area contributed by atoms with E-state index in [2.05, 4.69) is 27.4 Å². The van der Waals surface area contributed by atoms with Gasteiger partial charge >= 0.3 is 0 Å². The maximum Gasteiger partial charge on any atom is 0.230 e. The number of nitrogens with zero attached hydrogens (tertiary/aromatic N) is 4. The van der Waals surface area contributed by atoms with Gasteiger partial charge in [0.25, 0.3) is 0 Å². The number of para-hydroxylation sites is 1. The van der Waals surface area contributed by atoms with E-state index in [1.807, 2.05) is 47.0 Å². The van der Waals surface area contributed by atoms with Gasteiger partial charge in [0.2, 0.25) is 5.91 Å². The van der Waals surface area contributed by atoms with Crippen molar-refractivity contribution in [2.75, 3.05) is 5.75 Å². The first-order valence-corrected chi connectivity index (χ1v) is 11.0. The lowest BCUT2D eigenvalue weighted by atomic mass is 9.87. The Morgan fingerprint density at radius 3 is 2.52 bits per heavy atom. The van der Waals surface area contributed by atoms with E-state index in [4.69, 9.17) is 0 Å². The molecule has 6 nitrogen and oxygen atoms in total. The molecule has 3 aromatic rings. The summed E-state index contributed by atoms with van der Waals surface area (Å²) >= 11 is 1.42. The summed E-state index contributed by atoms with van der Waals surface area (Å²) in [6.45, 7) is 2.28. The van der Waals surface area contributed by atoms with E-state index < -0.39 is 0 Å². The minimum absolute atomic E-state index is 0.0580. The molecule has 0 radical (unpaired) electrons. The molecule has 1 amide bonds. The van der Waals surface area contributed by atoms with Crippen LogP contribution in [0.4, 0.5) is 0 Å². The molecule has 0 unspecified atom stereocenters. The first kappa shape index (κ1) is 19.6. The molecule has 0 aliphatic heterocycles. The quantitative estimate of drug-likeness (QED) is 0.623. The number of pyridine rings is 1. The number of aromatic nitrogens is 4. The molecule has 2 heterocycles. The average Bonchev–Trinajstić information content (AvgIpc) is 3.19. The van der Waals surface area contributed by atoms with Crippen LogP contribution in [0.15, 0.2) is 60.0 Å². The van der Waals surface area contributed by atoms with Crippen molar-refractivity contribution in [1.82, 2.24) is 25.1 Å². The molecule has 0 bridgehead atoms. The summed E-state index contributed by atoms with van der Waals surface area (Å²) in [5.41, 5.74) is 1.90. The summed E-state index contributed by atoms with van der Waals surface area (Å²) in [5.74, 6) is 1.90. The molecule has 0 spiro atoms.